The maximum absolute atomic E-state index is 11.5. The second-order valence-corrected chi connectivity index (χ2v) is 3.56. The summed E-state index contributed by atoms with van der Waals surface area (Å²) in [5.41, 5.74) is 0.557. The molecule has 0 amide bonds. The predicted octanol–water partition coefficient (Wildman–Crippen LogP) is 1.47. The Labute approximate surface area is 88.9 Å². The number of esters is 1. The SMILES string of the molecule is COC(=O)c1cccnc1N1CCCC1. The van der Waals surface area contributed by atoms with Crippen molar-refractivity contribution < 1.29 is 9.53 Å². The molecule has 1 aromatic rings. The van der Waals surface area contributed by atoms with Crippen LogP contribution in [-0.4, -0.2) is 31.2 Å². The number of carbonyl (C=O) groups excluding carboxylic acids is 1. The summed E-state index contributed by atoms with van der Waals surface area (Å²) in [7, 11) is 1.39. The molecule has 1 aliphatic heterocycles. The van der Waals surface area contributed by atoms with E-state index in [0.717, 1.165) is 31.7 Å². The number of rotatable bonds is 2. The average Bonchev–Trinajstić information content (AvgIpc) is 2.81. The zero-order valence-corrected chi connectivity index (χ0v) is 8.77. The maximum atomic E-state index is 11.5. The minimum atomic E-state index is -0.315. The molecule has 1 aliphatic rings. The van der Waals surface area contributed by atoms with Gasteiger partial charge in [0.25, 0.3) is 0 Å². The van der Waals surface area contributed by atoms with Gasteiger partial charge in [-0.15, -0.1) is 0 Å². The minimum Gasteiger partial charge on any atom is -0.465 e. The quantitative estimate of drug-likeness (QED) is 0.687. The topological polar surface area (TPSA) is 42.4 Å². The van der Waals surface area contributed by atoms with E-state index in [1.165, 1.54) is 7.11 Å². The molecule has 2 rings (SSSR count). The summed E-state index contributed by atoms with van der Waals surface area (Å²) >= 11 is 0. The van der Waals surface area contributed by atoms with Crippen LogP contribution in [-0.2, 0) is 4.74 Å². The Hall–Kier alpha value is -1.58. The largest absolute Gasteiger partial charge is 0.465 e. The van der Waals surface area contributed by atoms with E-state index in [1.807, 2.05) is 0 Å². The van der Waals surface area contributed by atoms with E-state index in [-0.39, 0.29) is 5.97 Å². The molecule has 1 aromatic heterocycles. The van der Waals surface area contributed by atoms with Crippen LogP contribution in [0.25, 0.3) is 0 Å². The molecule has 0 atom stereocenters. The van der Waals surface area contributed by atoms with Gasteiger partial charge in [-0.05, 0) is 25.0 Å². The fourth-order valence-corrected chi connectivity index (χ4v) is 1.85. The molecular formula is C11H14N2O2. The first-order valence-electron chi connectivity index (χ1n) is 5.11. The van der Waals surface area contributed by atoms with E-state index in [2.05, 4.69) is 9.88 Å². The molecule has 0 unspecified atom stereocenters. The molecule has 4 nitrogen and oxygen atoms in total. The molecule has 0 aliphatic carbocycles. The Kier molecular flexibility index (Phi) is 2.85. The Morgan fingerprint density at radius 2 is 2.20 bits per heavy atom. The van der Waals surface area contributed by atoms with Crippen LogP contribution in [0.5, 0.6) is 0 Å². The summed E-state index contributed by atoms with van der Waals surface area (Å²) in [4.78, 5) is 17.9. The van der Waals surface area contributed by atoms with Crippen LogP contribution in [0, 0.1) is 0 Å². The van der Waals surface area contributed by atoms with Crippen molar-refractivity contribution in [1.82, 2.24) is 4.98 Å². The second-order valence-electron chi connectivity index (χ2n) is 3.56. The molecule has 1 saturated heterocycles. The van der Waals surface area contributed by atoms with Crippen molar-refractivity contribution in [3.8, 4) is 0 Å². The van der Waals surface area contributed by atoms with Gasteiger partial charge in [-0.25, -0.2) is 9.78 Å². The first kappa shape index (κ1) is 9.96. The van der Waals surface area contributed by atoms with Gasteiger partial charge < -0.3 is 9.64 Å². The summed E-state index contributed by atoms with van der Waals surface area (Å²) < 4.78 is 4.73. The van der Waals surface area contributed by atoms with Gasteiger partial charge in [0.15, 0.2) is 0 Å². The van der Waals surface area contributed by atoms with Gasteiger partial charge in [-0.1, -0.05) is 0 Å². The minimum absolute atomic E-state index is 0.315. The first-order valence-corrected chi connectivity index (χ1v) is 5.11. The van der Waals surface area contributed by atoms with E-state index < -0.39 is 0 Å². The van der Waals surface area contributed by atoms with Gasteiger partial charge in [0, 0.05) is 19.3 Å². The summed E-state index contributed by atoms with van der Waals surface area (Å²) in [5, 5.41) is 0. The second kappa shape index (κ2) is 4.29. The normalized spacial score (nSPS) is 15.4. The number of hydrogen-bond donors (Lipinski definition) is 0. The first-order chi connectivity index (χ1) is 7.33. The van der Waals surface area contributed by atoms with Gasteiger partial charge in [-0.3, -0.25) is 0 Å². The van der Waals surface area contributed by atoms with Gasteiger partial charge >= 0.3 is 5.97 Å². The van der Waals surface area contributed by atoms with Crippen LogP contribution in [0.2, 0.25) is 0 Å². The lowest BCUT2D eigenvalue weighted by Crippen LogP contribution is -2.22. The summed E-state index contributed by atoms with van der Waals surface area (Å²) in [6, 6.07) is 3.51. The smallest absolute Gasteiger partial charge is 0.341 e. The lowest BCUT2D eigenvalue weighted by atomic mass is 10.2. The third-order valence-corrected chi connectivity index (χ3v) is 2.60. The lowest BCUT2D eigenvalue weighted by molar-refractivity contribution is 0.0601. The van der Waals surface area contributed by atoms with Crippen molar-refractivity contribution in [1.29, 1.82) is 0 Å². The van der Waals surface area contributed by atoms with Gasteiger partial charge in [-0.2, -0.15) is 0 Å². The van der Waals surface area contributed by atoms with E-state index in [1.54, 1.807) is 18.3 Å². The Morgan fingerprint density at radius 1 is 1.47 bits per heavy atom. The fourth-order valence-electron chi connectivity index (χ4n) is 1.85. The fraction of sp³-hybridized carbons (Fsp3) is 0.455. The van der Waals surface area contributed by atoms with Crippen LogP contribution >= 0.6 is 0 Å². The monoisotopic (exact) mass is 206 g/mol. The number of methoxy groups -OCH3 is 1. The molecule has 80 valence electrons. The summed E-state index contributed by atoms with van der Waals surface area (Å²) in [6.45, 7) is 1.95. The van der Waals surface area contributed by atoms with Crippen molar-refractivity contribution in [2.24, 2.45) is 0 Å². The number of anilines is 1. The van der Waals surface area contributed by atoms with Crippen molar-refractivity contribution in [3.05, 3.63) is 23.9 Å². The number of hydrogen-bond acceptors (Lipinski definition) is 4. The third kappa shape index (κ3) is 1.93. The third-order valence-electron chi connectivity index (χ3n) is 2.60. The highest BCUT2D eigenvalue weighted by Crippen LogP contribution is 2.22. The number of carbonyl (C=O) groups is 1. The molecule has 1 fully saturated rings. The molecule has 0 saturated carbocycles. The Bertz CT molecular complexity index is 359. The highest BCUT2D eigenvalue weighted by molar-refractivity contribution is 5.94. The summed E-state index contributed by atoms with van der Waals surface area (Å²) in [5.74, 6) is 0.437. The molecule has 0 radical (unpaired) electrons. The Morgan fingerprint density at radius 3 is 2.87 bits per heavy atom. The molecule has 0 N–H and O–H groups in total. The van der Waals surface area contributed by atoms with Crippen molar-refractivity contribution in [2.45, 2.75) is 12.8 Å². The number of pyridine rings is 1. The van der Waals surface area contributed by atoms with E-state index in [0.29, 0.717) is 5.56 Å². The van der Waals surface area contributed by atoms with Crippen LogP contribution in [0.15, 0.2) is 18.3 Å². The molecular weight excluding hydrogens is 192 g/mol. The number of nitrogens with zero attached hydrogens (tertiary/aromatic N) is 2. The van der Waals surface area contributed by atoms with E-state index in [4.69, 9.17) is 4.74 Å². The predicted molar refractivity (Wildman–Crippen MR) is 57.0 cm³/mol. The van der Waals surface area contributed by atoms with Crippen molar-refractivity contribution in [3.63, 3.8) is 0 Å². The summed E-state index contributed by atoms with van der Waals surface area (Å²) in [6.07, 6.45) is 4.04. The van der Waals surface area contributed by atoms with Crippen LogP contribution in [0.3, 0.4) is 0 Å². The highest BCUT2D eigenvalue weighted by atomic mass is 16.5. The zero-order valence-electron chi connectivity index (χ0n) is 8.77. The molecule has 0 aromatic carbocycles. The van der Waals surface area contributed by atoms with E-state index in [9.17, 15) is 4.79 Å². The molecule has 0 bridgehead atoms. The Balaban J connectivity index is 2.32. The van der Waals surface area contributed by atoms with Crippen molar-refractivity contribution >= 4 is 11.8 Å². The van der Waals surface area contributed by atoms with Crippen LogP contribution < -0.4 is 4.90 Å². The van der Waals surface area contributed by atoms with Gasteiger partial charge in [0.2, 0.25) is 0 Å². The molecule has 2 heterocycles. The maximum Gasteiger partial charge on any atom is 0.341 e. The molecule has 15 heavy (non-hydrogen) atoms. The lowest BCUT2D eigenvalue weighted by Gasteiger charge is -2.18. The molecule has 0 spiro atoms. The number of aromatic nitrogens is 1. The zero-order chi connectivity index (χ0) is 10.7. The standard InChI is InChI=1S/C11H14N2O2/c1-15-11(14)9-5-4-6-12-10(9)13-7-2-3-8-13/h4-6H,2-3,7-8H2,1H3. The van der Waals surface area contributed by atoms with Gasteiger partial charge in [0.05, 0.1) is 7.11 Å². The average molecular weight is 206 g/mol. The van der Waals surface area contributed by atoms with Crippen LogP contribution in [0.1, 0.15) is 23.2 Å². The van der Waals surface area contributed by atoms with Crippen LogP contribution in [0.4, 0.5) is 5.82 Å². The van der Waals surface area contributed by atoms with Crippen molar-refractivity contribution in [2.75, 3.05) is 25.1 Å². The highest BCUT2D eigenvalue weighted by Gasteiger charge is 2.20. The van der Waals surface area contributed by atoms with Gasteiger partial charge in [0.1, 0.15) is 11.4 Å². The number of ether oxygens (including phenoxy) is 1. The molecule has 4 heteroatoms. The van der Waals surface area contributed by atoms with E-state index >= 15 is 0 Å².